The van der Waals surface area contributed by atoms with E-state index in [0.29, 0.717) is 48.3 Å². The Hall–Kier alpha value is -2.81. The van der Waals surface area contributed by atoms with Gasteiger partial charge in [-0.25, -0.2) is 9.78 Å². The van der Waals surface area contributed by atoms with Gasteiger partial charge in [-0.2, -0.15) is 0 Å². The highest BCUT2D eigenvalue weighted by molar-refractivity contribution is 7.15. The van der Waals surface area contributed by atoms with Gasteiger partial charge in [0.25, 0.3) is 5.91 Å². The molecular weight excluding hydrogens is 358 g/mol. The monoisotopic (exact) mass is 375 g/mol. The van der Waals surface area contributed by atoms with E-state index in [4.69, 9.17) is 14.2 Å². The molecule has 1 aromatic carbocycles. The maximum Gasteiger partial charge on any atom is 0.413 e. The minimum atomic E-state index is -0.521. The summed E-state index contributed by atoms with van der Waals surface area (Å²) in [7, 11) is 0. The zero-order valence-electron chi connectivity index (χ0n) is 14.1. The molecule has 0 aliphatic carbocycles. The van der Waals surface area contributed by atoms with Gasteiger partial charge >= 0.3 is 6.09 Å². The maximum absolute atomic E-state index is 12.8. The summed E-state index contributed by atoms with van der Waals surface area (Å²) < 4.78 is 15.5. The van der Waals surface area contributed by atoms with Crippen LogP contribution in [0.2, 0.25) is 0 Å². The highest BCUT2D eigenvalue weighted by Gasteiger charge is 2.26. The molecule has 2 aromatic rings. The van der Waals surface area contributed by atoms with E-state index in [9.17, 15) is 9.59 Å². The van der Waals surface area contributed by atoms with E-state index in [1.807, 2.05) is 0 Å². The van der Waals surface area contributed by atoms with Gasteiger partial charge in [0.15, 0.2) is 16.6 Å². The fraction of sp³-hybridized carbons (Fsp3) is 0.353. The van der Waals surface area contributed by atoms with Gasteiger partial charge in [0.2, 0.25) is 6.79 Å². The maximum atomic E-state index is 12.8. The van der Waals surface area contributed by atoms with E-state index in [2.05, 4.69) is 10.3 Å². The first-order valence-corrected chi connectivity index (χ1v) is 9.07. The van der Waals surface area contributed by atoms with Crippen molar-refractivity contribution in [3.63, 3.8) is 0 Å². The van der Waals surface area contributed by atoms with Crippen molar-refractivity contribution in [2.75, 3.05) is 25.3 Å². The number of carbonyl (C=O) groups excluding carboxylic acids is 2. The number of hydrogen-bond acceptors (Lipinski definition) is 7. The number of nitrogens with zero attached hydrogens (tertiary/aromatic N) is 2. The molecule has 9 heteroatoms. The number of nitrogens with one attached hydrogen (secondary N) is 1. The molecule has 3 heterocycles. The summed E-state index contributed by atoms with van der Waals surface area (Å²) in [4.78, 5) is 31.5. The van der Waals surface area contributed by atoms with E-state index in [1.165, 1.54) is 11.3 Å². The van der Waals surface area contributed by atoms with E-state index >= 15 is 0 Å². The molecule has 1 N–H and O–H groups in total. The Morgan fingerprint density at radius 2 is 2.19 bits per heavy atom. The second-order valence-electron chi connectivity index (χ2n) is 5.78. The standard InChI is InChI=1S/C17H17N3O5S/c1-2-23-17(22)19-16-18-11-5-6-20(8-14(11)26-16)15(21)10-3-4-12-13(7-10)25-9-24-12/h3-4,7H,2,5-6,8-9H2,1H3,(H,18,19,22). The van der Waals surface area contributed by atoms with Crippen LogP contribution in [0.1, 0.15) is 27.9 Å². The van der Waals surface area contributed by atoms with Crippen molar-refractivity contribution in [2.45, 2.75) is 19.9 Å². The fourth-order valence-electron chi connectivity index (χ4n) is 2.89. The van der Waals surface area contributed by atoms with Crippen LogP contribution in [0, 0.1) is 0 Å². The van der Waals surface area contributed by atoms with Crippen molar-refractivity contribution in [3.05, 3.63) is 34.3 Å². The first-order valence-electron chi connectivity index (χ1n) is 8.25. The van der Waals surface area contributed by atoms with Crippen LogP contribution in [0.15, 0.2) is 18.2 Å². The molecule has 136 valence electrons. The summed E-state index contributed by atoms with van der Waals surface area (Å²) >= 11 is 1.36. The van der Waals surface area contributed by atoms with Crippen molar-refractivity contribution < 1.29 is 23.8 Å². The zero-order valence-corrected chi connectivity index (χ0v) is 14.9. The molecule has 0 unspecified atom stereocenters. The number of rotatable bonds is 3. The Kier molecular flexibility index (Phi) is 4.37. The zero-order chi connectivity index (χ0) is 18.1. The number of anilines is 1. The van der Waals surface area contributed by atoms with Crippen LogP contribution in [-0.2, 0) is 17.7 Å². The molecule has 0 saturated heterocycles. The molecule has 1 aromatic heterocycles. The van der Waals surface area contributed by atoms with E-state index in [-0.39, 0.29) is 12.7 Å². The lowest BCUT2D eigenvalue weighted by molar-refractivity contribution is 0.0735. The largest absolute Gasteiger partial charge is 0.454 e. The van der Waals surface area contributed by atoms with E-state index in [1.54, 1.807) is 30.0 Å². The lowest BCUT2D eigenvalue weighted by Gasteiger charge is -2.26. The SMILES string of the molecule is CCOC(=O)Nc1nc2c(s1)CN(C(=O)c1ccc3c(c1)OCO3)CC2. The third-order valence-corrected chi connectivity index (χ3v) is 5.12. The van der Waals surface area contributed by atoms with Gasteiger partial charge in [-0.15, -0.1) is 0 Å². The predicted octanol–water partition coefficient (Wildman–Crippen LogP) is 2.64. The van der Waals surface area contributed by atoms with Gasteiger partial charge in [-0.3, -0.25) is 10.1 Å². The van der Waals surface area contributed by atoms with Crippen LogP contribution in [-0.4, -0.2) is 41.8 Å². The van der Waals surface area contributed by atoms with Gasteiger partial charge in [-0.05, 0) is 25.1 Å². The average Bonchev–Trinajstić information content (AvgIpc) is 3.25. The summed E-state index contributed by atoms with van der Waals surface area (Å²) in [6.45, 7) is 3.26. The molecule has 8 nitrogen and oxygen atoms in total. The minimum Gasteiger partial charge on any atom is -0.454 e. The number of aromatic nitrogens is 1. The van der Waals surface area contributed by atoms with Crippen LogP contribution in [0.3, 0.4) is 0 Å². The Morgan fingerprint density at radius 1 is 1.35 bits per heavy atom. The van der Waals surface area contributed by atoms with Crippen LogP contribution < -0.4 is 14.8 Å². The van der Waals surface area contributed by atoms with Crippen molar-refractivity contribution >= 4 is 28.5 Å². The number of carbonyl (C=O) groups is 2. The summed E-state index contributed by atoms with van der Waals surface area (Å²) in [5, 5.41) is 3.11. The third kappa shape index (κ3) is 3.17. The second kappa shape index (κ2) is 6.83. The first-order chi connectivity index (χ1) is 12.6. The molecule has 2 amide bonds. The molecule has 0 fully saturated rings. The fourth-order valence-corrected chi connectivity index (χ4v) is 3.90. The lowest BCUT2D eigenvalue weighted by Crippen LogP contribution is -2.35. The second-order valence-corrected chi connectivity index (χ2v) is 6.86. The first kappa shape index (κ1) is 16.6. The molecule has 4 rings (SSSR count). The van der Waals surface area contributed by atoms with Crippen LogP contribution in [0.4, 0.5) is 9.93 Å². The number of fused-ring (bicyclic) bond motifs is 2. The Bertz CT molecular complexity index is 866. The Balaban J connectivity index is 1.47. The van der Waals surface area contributed by atoms with Crippen molar-refractivity contribution in [1.29, 1.82) is 0 Å². The predicted molar refractivity (Wildman–Crippen MR) is 93.8 cm³/mol. The van der Waals surface area contributed by atoms with Crippen molar-refractivity contribution in [2.24, 2.45) is 0 Å². The quantitative estimate of drug-likeness (QED) is 0.887. The molecular formula is C17H17N3O5S. The van der Waals surface area contributed by atoms with Crippen LogP contribution in [0.25, 0.3) is 0 Å². The van der Waals surface area contributed by atoms with Crippen LogP contribution in [0.5, 0.6) is 11.5 Å². The van der Waals surface area contributed by atoms with Gasteiger partial charge in [0.05, 0.1) is 18.8 Å². The van der Waals surface area contributed by atoms with E-state index < -0.39 is 6.09 Å². The summed E-state index contributed by atoms with van der Waals surface area (Å²) in [5.74, 6) is 1.18. The summed E-state index contributed by atoms with van der Waals surface area (Å²) in [6, 6.07) is 5.20. The van der Waals surface area contributed by atoms with Gasteiger partial charge in [-0.1, -0.05) is 11.3 Å². The van der Waals surface area contributed by atoms with Crippen molar-refractivity contribution in [3.8, 4) is 11.5 Å². The molecule has 0 spiro atoms. The molecule has 0 atom stereocenters. The number of benzene rings is 1. The average molecular weight is 375 g/mol. The number of ether oxygens (including phenoxy) is 3. The number of thiazole rings is 1. The van der Waals surface area contributed by atoms with Crippen molar-refractivity contribution in [1.82, 2.24) is 9.88 Å². The third-order valence-electron chi connectivity index (χ3n) is 4.12. The Morgan fingerprint density at radius 3 is 3.04 bits per heavy atom. The normalized spacial score (nSPS) is 14.7. The number of hydrogen-bond donors (Lipinski definition) is 1. The lowest BCUT2D eigenvalue weighted by atomic mass is 10.1. The highest BCUT2D eigenvalue weighted by Crippen LogP contribution is 2.34. The summed E-state index contributed by atoms with van der Waals surface area (Å²) in [6.07, 6.45) is 0.124. The van der Waals surface area contributed by atoms with Gasteiger partial charge in [0, 0.05) is 23.4 Å². The minimum absolute atomic E-state index is 0.0674. The molecule has 2 aliphatic rings. The summed E-state index contributed by atoms with van der Waals surface area (Å²) in [5.41, 5.74) is 1.48. The van der Waals surface area contributed by atoms with Gasteiger partial charge in [0.1, 0.15) is 0 Å². The topological polar surface area (TPSA) is 90.0 Å². The molecule has 26 heavy (non-hydrogen) atoms. The smallest absolute Gasteiger partial charge is 0.413 e. The van der Waals surface area contributed by atoms with E-state index in [0.717, 1.165) is 10.6 Å². The molecule has 0 bridgehead atoms. The highest BCUT2D eigenvalue weighted by atomic mass is 32.1. The number of amides is 2. The molecule has 2 aliphatic heterocycles. The van der Waals surface area contributed by atoms with Gasteiger partial charge < -0.3 is 19.1 Å². The van der Waals surface area contributed by atoms with Crippen LogP contribution >= 0.6 is 11.3 Å². The Labute approximate surface area is 153 Å². The molecule has 0 radical (unpaired) electrons. The molecule has 0 saturated carbocycles.